The van der Waals surface area contributed by atoms with Crippen molar-refractivity contribution in [3.05, 3.63) is 82.5 Å². The van der Waals surface area contributed by atoms with Crippen molar-refractivity contribution in [1.82, 2.24) is 19.8 Å². The highest BCUT2D eigenvalue weighted by molar-refractivity contribution is 7.17. The quantitative estimate of drug-likeness (QED) is 0.146. The Morgan fingerprint density at radius 1 is 0.980 bits per heavy atom. The second-order valence-corrected chi connectivity index (χ2v) is 13.9. The summed E-state index contributed by atoms with van der Waals surface area (Å²) in [7, 11) is 2.03. The number of alkyl halides is 1. The lowest BCUT2D eigenvalue weighted by molar-refractivity contribution is 0.0982. The standard InChI is InChI=1S/C36H33ClN6O5S/c1-19-18-49-33-30(48-36(47)42-9-7-41(2)8-10-42)15-29-32(31(19)33)22(16-37)17-43(29)35(46)28-14-20-11-23(3-5-25(20)40-28)38-34(45)27-13-21-12-24(44)4-6-26(21)39-27/h3-6,11-15,18,22,39-40,44H,7-10,16-17H2,1-2H3,(H,38,45)/t22-/m1/s1. The molecule has 3 amide bonds. The molecule has 0 aliphatic carbocycles. The van der Waals surface area contributed by atoms with Crippen molar-refractivity contribution in [3.8, 4) is 11.5 Å². The number of phenolic OH excluding ortho intramolecular Hbond substituents is 1. The number of halogens is 1. The van der Waals surface area contributed by atoms with Crippen LogP contribution in [-0.4, -0.2) is 88.4 Å². The number of rotatable bonds is 5. The fourth-order valence-electron chi connectivity index (χ4n) is 6.86. The Bertz CT molecular complexity index is 2300. The van der Waals surface area contributed by atoms with Gasteiger partial charge in [-0.25, -0.2) is 4.79 Å². The van der Waals surface area contributed by atoms with Gasteiger partial charge in [-0.1, -0.05) is 0 Å². The third-order valence-corrected chi connectivity index (χ3v) is 10.9. The lowest BCUT2D eigenvalue weighted by Crippen LogP contribution is -2.48. The van der Waals surface area contributed by atoms with Crippen molar-refractivity contribution >= 4 is 84.1 Å². The molecule has 1 atom stereocenters. The minimum atomic E-state index is -0.396. The number of aryl methyl sites for hydroxylation is 1. The highest BCUT2D eigenvalue weighted by Gasteiger charge is 2.37. The van der Waals surface area contributed by atoms with E-state index in [0.717, 1.165) is 56.1 Å². The molecule has 0 bridgehead atoms. The van der Waals surface area contributed by atoms with Crippen molar-refractivity contribution in [1.29, 1.82) is 0 Å². The van der Waals surface area contributed by atoms with Gasteiger partial charge in [0.15, 0.2) is 5.75 Å². The van der Waals surface area contributed by atoms with Gasteiger partial charge in [-0.15, -0.1) is 22.9 Å². The van der Waals surface area contributed by atoms with Crippen LogP contribution >= 0.6 is 22.9 Å². The third kappa shape index (κ3) is 5.55. The molecule has 250 valence electrons. The smallest absolute Gasteiger partial charge is 0.415 e. The summed E-state index contributed by atoms with van der Waals surface area (Å²) in [6.45, 7) is 5.15. The summed E-state index contributed by atoms with van der Waals surface area (Å²) >= 11 is 8.04. The molecule has 0 radical (unpaired) electrons. The molecular formula is C36H33ClN6O5S. The Morgan fingerprint density at radius 3 is 2.47 bits per heavy atom. The molecule has 4 N–H and O–H groups in total. The number of ether oxygens (including phenoxy) is 1. The number of aromatic nitrogens is 2. The lowest BCUT2D eigenvalue weighted by atomic mass is 9.97. The summed E-state index contributed by atoms with van der Waals surface area (Å²) in [6, 6.07) is 15.5. The van der Waals surface area contributed by atoms with Gasteiger partial charge < -0.3 is 39.8 Å². The summed E-state index contributed by atoms with van der Waals surface area (Å²) in [6.07, 6.45) is -0.396. The number of anilines is 2. The molecule has 11 nitrogen and oxygen atoms in total. The van der Waals surface area contributed by atoms with E-state index in [-0.39, 0.29) is 23.5 Å². The molecule has 1 fully saturated rings. The first-order chi connectivity index (χ1) is 23.7. The van der Waals surface area contributed by atoms with Gasteiger partial charge in [0, 0.05) is 83.5 Å². The molecular weight excluding hydrogens is 664 g/mol. The molecule has 0 unspecified atom stereocenters. The number of thiophene rings is 1. The number of nitrogens with one attached hydrogen (secondary N) is 3. The summed E-state index contributed by atoms with van der Waals surface area (Å²) in [5, 5.41) is 17.2. The number of nitrogens with zero attached hydrogens (tertiary/aromatic N) is 3. The molecule has 0 saturated carbocycles. The summed E-state index contributed by atoms with van der Waals surface area (Å²) in [4.78, 5) is 52.4. The Hall–Kier alpha value is -5.04. The van der Waals surface area contributed by atoms with Crippen LogP contribution in [-0.2, 0) is 0 Å². The molecule has 2 aliphatic heterocycles. The fourth-order valence-corrected chi connectivity index (χ4v) is 8.13. The number of carbonyl (C=O) groups excluding carboxylic acids is 3. The van der Waals surface area contributed by atoms with Crippen molar-refractivity contribution in [3.63, 3.8) is 0 Å². The number of fused-ring (bicyclic) bond motifs is 5. The van der Waals surface area contributed by atoms with E-state index in [0.29, 0.717) is 54.0 Å². The Balaban J connectivity index is 1.08. The van der Waals surface area contributed by atoms with Gasteiger partial charge in [-0.05, 0) is 79.0 Å². The largest absolute Gasteiger partial charge is 0.508 e. The average molecular weight is 697 g/mol. The van der Waals surface area contributed by atoms with E-state index in [9.17, 15) is 19.5 Å². The topological polar surface area (TPSA) is 134 Å². The molecule has 1 saturated heterocycles. The van der Waals surface area contributed by atoms with E-state index >= 15 is 0 Å². The van der Waals surface area contributed by atoms with E-state index in [4.69, 9.17) is 16.3 Å². The van der Waals surface area contributed by atoms with Gasteiger partial charge in [0.05, 0.1) is 10.4 Å². The number of aromatic hydroxyl groups is 1. The monoisotopic (exact) mass is 696 g/mol. The number of likely N-dealkylation sites (N-methyl/N-ethyl adjacent to an activating group) is 1. The van der Waals surface area contributed by atoms with Gasteiger partial charge in [-0.2, -0.15) is 0 Å². The third-order valence-electron chi connectivity index (χ3n) is 9.46. The second-order valence-electron chi connectivity index (χ2n) is 12.7. The maximum absolute atomic E-state index is 14.2. The predicted molar refractivity (Wildman–Crippen MR) is 193 cm³/mol. The van der Waals surface area contributed by atoms with Crippen molar-refractivity contribution in [2.75, 3.05) is 55.9 Å². The van der Waals surface area contributed by atoms with Crippen LogP contribution < -0.4 is 15.0 Å². The van der Waals surface area contributed by atoms with Gasteiger partial charge in [0.2, 0.25) is 0 Å². The predicted octanol–water partition coefficient (Wildman–Crippen LogP) is 6.86. The number of piperazine rings is 1. The molecule has 13 heteroatoms. The van der Waals surface area contributed by atoms with Gasteiger partial charge in [-0.3, -0.25) is 9.59 Å². The number of H-pyrrole nitrogens is 2. The zero-order chi connectivity index (χ0) is 34.0. The van der Waals surface area contributed by atoms with Crippen LogP contribution in [0.1, 0.15) is 38.0 Å². The minimum absolute atomic E-state index is 0.0985. The summed E-state index contributed by atoms with van der Waals surface area (Å²) in [5.41, 5.74) is 5.50. The Kier molecular flexibility index (Phi) is 7.73. The van der Waals surface area contributed by atoms with Gasteiger partial charge in [0.25, 0.3) is 11.8 Å². The number of hydrogen-bond donors (Lipinski definition) is 4. The van der Waals surface area contributed by atoms with E-state index in [2.05, 4.69) is 20.2 Å². The van der Waals surface area contributed by atoms with E-state index in [1.54, 1.807) is 46.2 Å². The number of hydrogen-bond acceptors (Lipinski definition) is 7. The van der Waals surface area contributed by atoms with Crippen LogP contribution in [0.4, 0.5) is 16.2 Å². The highest BCUT2D eigenvalue weighted by Crippen LogP contribution is 2.49. The minimum Gasteiger partial charge on any atom is -0.508 e. The van der Waals surface area contributed by atoms with Crippen LogP contribution in [0, 0.1) is 6.92 Å². The zero-order valence-corrected chi connectivity index (χ0v) is 28.4. The summed E-state index contributed by atoms with van der Waals surface area (Å²) in [5.74, 6) is 0.223. The Morgan fingerprint density at radius 2 is 1.69 bits per heavy atom. The van der Waals surface area contributed by atoms with Crippen molar-refractivity contribution in [2.24, 2.45) is 0 Å². The van der Waals surface area contributed by atoms with Crippen molar-refractivity contribution < 1.29 is 24.2 Å². The maximum atomic E-state index is 14.2. The van der Waals surface area contributed by atoms with Crippen LogP contribution in [0.5, 0.6) is 11.5 Å². The first kappa shape index (κ1) is 31.2. The highest BCUT2D eigenvalue weighted by atomic mass is 35.5. The van der Waals surface area contributed by atoms with Crippen LogP contribution in [0.25, 0.3) is 31.9 Å². The molecule has 49 heavy (non-hydrogen) atoms. The second kappa shape index (κ2) is 12.1. The number of benzene rings is 3. The molecule has 2 aliphatic rings. The van der Waals surface area contributed by atoms with E-state index in [1.165, 1.54) is 11.3 Å². The zero-order valence-electron chi connectivity index (χ0n) is 26.8. The molecule has 8 rings (SSSR count). The molecule has 5 heterocycles. The number of carbonyl (C=O) groups is 3. The molecule has 3 aromatic carbocycles. The van der Waals surface area contributed by atoms with Crippen LogP contribution in [0.2, 0.25) is 0 Å². The van der Waals surface area contributed by atoms with Gasteiger partial charge >= 0.3 is 6.09 Å². The number of phenols is 1. The maximum Gasteiger partial charge on any atom is 0.415 e. The normalized spacial score (nSPS) is 16.5. The fraction of sp³-hybridized carbons (Fsp3) is 0.250. The number of amides is 3. The molecule has 0 spiro atoms. The molecule has 3 aromatic heterocycles. The van der Waals surface area contributed by atoms with E-state index < -0.39 is 6.09 Å². The molecule has 6 aromatic rings. The summed E-state index contributed by atoms with van der Waals surface area (Å²) < 4.78 is 6.91. The van der Waals surface area contributed by atoms with E-state index in [1.807, 2.05) is 37.6 Å². The van der Waals surface area contributed by atoms with Gasteiger partial charge in [0.1, 0.15) is 17.1 Å². The van der Waals surface area contributed by atoms with Crippen LogP contribution in [0.3, 0.4) is 0 Å². The van der Waals surface area contributed by atoms with Crippen LogP contribution in [0.15, 0.2) is 60.0 Å². The number of aromatic amines is 2. The average Bonchev–Trinajstić information content (AvgIpc) is 3.88. The first-order valence-electron chi connectivity index (χ1n) is 16.0. The Labute approximate surface area is 290 Å². The SMILES string of the molecule is Cc1csc2c(OC(=O)N3CCN(C)CC3)cc3c(c12)[C@H](CCl)CN3C(=O)c1cc2cc(NC(=O)c3cc4cc(O)ccc4[nH]3)ccc2[nH]1. The lowest BCUT2D eigenvalue weighted by Gasteiger charge is -2.31. The van der Waals surface area contributed by atoms with Crippen molar-refractivity contribution in [2.45, 2.75) is 12.8 Å². The first-order valence-corrected chi connectivity index (χ1v) is 17.4.